The summed E-state index contributed by atoms with van der Waals surface area (Å²) in [7, 11) is 0. The number of rotatable bonds is 3. The molecular formula is C18H25FN2O2. The molecule has 1 heterocycles. The van der Waals surface area contributed by atoms with Crippen LogP contribution in [0, 0.1) is 5.82 Å². The van der Waals surface area contributed by atoms with E-state index in [1.54, 1.807) is 18.2 Å². The molecule has 23 heavy (non-hydrogen) atoms. The van der Waals surface area contributed by atoms with E-state index < -0.39 is 17.4 Å². The Labute approximate surface area is 137 Å². The molecule has 1 saturated heterocycles. The van der Waals surface area contributed by atoms with Crippen LogP contribution in [-0.4, -0.2) is 28.8 Å². The molecule has 0 aliphatic carbocycles. The minimum absolute atomic E-state index is 0.0835. The van der Waals surface area contributed by atoms with Crippen LogP contribution in [0.25, 0.3) is 0 Å². The van der Waals surface area contributed by atoms with Crippen molar-refractivity contribution in [1.82, 2.24) is 10.2 Å². The molecular weight excluding hydrogens is 295 g/mol. The number of benzene rings is 1. The highest BCUT2D eigenvalue weighted by atomic mass is 19.1. The summed E-state index contributed by atoms with van der Waals surface area (Å²) in [6.45, 7) is 6.09. The second-order valence-corrected chi connectivity index (χ2v) is 7.06. The molecule has 1 unspecified atom stereocenters. The summed E-state index contributed by atoms with van der Waals surface area (Å²) in [6, 6.07) is 5.27. The first kappa shape index (κ1) is 17.4. The Morgan fingerprint density at radius 3 is 2.57 bits per heavy atom. The van der Waals surface area contributed by atoms with E-state index in [1.165, 1.54) is 11.0 Å². The third-order valence-electron chi connectivity index (χ3n) is 3.87. The molecule has 0 spiro atoms. The molecule has 1 fully saturated rings. The molecule has 0 radical (unpaired) electrons. The van der Waals surface area contributed by atoms with Crippen molar-refractivity contribution in [3.63, 3.8) is 0 Å². The highest BCUT2D eigenvalue weighted by molar-refractivity contribution is 5.89. The molecule has 126 valence electrons. The van der Waals surface area contributed by atoms with Gasteiger partial charge >= 0.3 is 0 Å². The number of hydrogen-bond acceptors (Lipinski definition) is 2. The number of likely N-dealkylation sites (tertiary alicyclic amines) is 1. The maximum absolute atomic E-state index is 14.3. The van der Waals surface area contributed by atoms with E-state index in [1.807, 2.05) is 20.8 Å². The highest BCUT2D eigenvalue weighted by Crippen LogP contribution is 2.28. The van der Waals surface area contributed by atoms with Crippen molar-refractivity contribution in [2.75, 3.05) is 6.54 Å². The zero-order valence-electron chi connectivity index (χ0n) is 14.1. The normalized spacial score (nSPS) is 17.6. The first-order chi connectivity index (χ1) is 10.8. The highest BCUT2D eigenvalue weighted by Gasteiger charge is 2.34. The maximum atomic E-state index is 14.3. The van der Waals surface area contributed by atoms with Crippen molar-refractivity contribution < 1.29 is 14.0 Å². The van der Waals surface area contributed by atoms with Gasteiger partial charge in [-0.1, -0.05) is 24.6 Å². The lowest BCUT2D eigenvalue weighted by atomic mass is 10.0. The average molecular weight is 320 g/mol. The number of nitrogens with zero attached hydrogens (tertiary/aromatic N) is 1. The average Bonchev–Trinajstić information content (AvgIpc) is 2.65. The molecule has 1 aliphatic heterocycles. The number of carbonyl (C=O) groups is 2. The Balaban J connectivity index is 2.40. The Hall–Kier alpha value is -1.91. The fraction of sp³-hybridized carbons (Fsp3) is 0.556. The van der Waals surface area contributed by atoms with Gasteiger partial charge in [0.1, 0.15) is 11.9 Å². The first-order valence-electron chi connectivity index (χ1n) is 8.15. The van der Waals surface area contributed by atoms with Crippen LogP contribution in [0.4, 0.5) is 4.39 Å². The largest absolute Gasteiger partial charge is 0.349 e. The van der Waals surface area contributed by atoms with Crippen molar-refractivity contribution in [2.45, 2.75) is 58.0 Å². The number of hydrogen-bond donors (Lipinski definition) is 1. The van der Waals surface area contributed by atoms with E-state index >= 15 is 0 Å². The van der Waals surface area contributed by atoms with E-state index in [-0.39, 0.29) is 17.4 Å². The van der Waals surface area contributed by atoms with Gasteiger partial charge in [0.2, 0.25) is 11.8 Å². The van der Waals surface area contributed by atoms with Crippen molar-refractivity contribution in [3.8, 4) is 0 Å². The van der Waals surface area contributed by atoms with Gasteiger partial charge in [-0.3, -0.25) is 9.59 Å². The first-order valence-corrected chi connectivity index (χ1v) is 8.15. The van der Waals surface area contributed by atoms with E-state index in [9.17, 15) is 14.0 Å². The monoisotopic (exact) mass is 320 g/mol. The van der Waals surface area contributed by atoms with Gasteiger partial charge in [0.15, 0.2) is 0 Å². The zero-order valence-corrected chi connectivity index (χ0v) is 14.1. The van der Waals surface area contributed by atoms with E-state index in [0.29, 0.717) is 13.0 Å². The van der Waals surface area contributed by atoms with Crippen LogP contribution >= 0.6 is 0 Å². The quantitative estimate of drug-likeness (QED) is 0.930. The molecule has 1 aromatic rings. The molecule has 4 nitrogen and oxygen atoms in total. The Kier molecular flexibility index (Phi) is 5.39. The number of nitrogens with one attached hydrogen (secondary N) is 1. The minimum Gasteiger partial charge on any atom is -0.349 e. The lowest BCUT2D eigenvalue weighted by molar-refractivity contribution is -0.141. The zero-order chi connectivity index (χ0) is 17.0. The van der Waals surface area contributed by atoms with Crippen LogP contribution in [0.3, 0.4) is 0 Å². The standard InChI is InChI=1S/C18H25FN2O2/c1-18(2,3)20-17(23)16(13-9-6-7-10-14(13)19)21-12-8-4-5-11-15(21)22/h6-7,9-10,16H,4-5,8,11-12H2,1-3H3,(H,20,23). The molecule has 5 heteroatoms. The lowest BCUT2D eigenvalue weighted by Crippen LogP contribution is -2.49. The van der Waals surface area contributed by atoms with Crippen molar-refractivity contribution in [2.24, 2.45) is 0 Å². The summed E-state index contributed by atoms with van der Waals surface area (Å²) >= 11 is 0. The summed E-state index contributed by atoms with van der Waals surface area (Å²) in [5.74, 6) is -0.878. The predicted molar refractivity (Wildman–Crippen MR) is 87.2 cm³/mol. The van der Waals surface area contributed by atoms with Crippen LogP contribution in [0.15, 0.2) is 24.3 Å². The number of carbonyl (C=O) groups excluding carboxylic acids is 2. The van der Waals surface area contributed by atoms with Crippen LogP contribution < -0.4 is 5.32 Å². The predicted octanol–water partition coefficient (Wildman–Crippen LogP) is 3.18. The summed E-state index contributed by atoms with van der Waals surface area (Å²) < 4.78 is 14.3. The van der Waals surface area contributed by atoms with Crippen LogP contribution in [0.2, 0.25) is 0 Å². The van der Waals surface area contributed by atoms with Gasteiger partial charge in [0.05, 0.1) is 0 Å². The summed E-state index contributed by atoms with van der Waals surface area (Å²) in [5.41, 5.74) is -0.195. The molecule has 0 saturated carbocycles. The van der Waals surface area contributed by atoms with Gasteiger partial charge in [-0.2, -0.15) is 0 Å². The van der Waals surface area contributed by atoms with Crippen molar-refractivity contribution in [3.05, 3.63) is 35.6 Å². The van der Waals surface area contributed by atoms with Gasteiger partial charge < -0.3 is 10.2 Å². The van der Waals surface area contributed by atoms with Crippen LogP contribution in [0.1, 0.15) is 58.1 Å². The van der Waals surface area contributed by atoms with Gasteiger partial charge in [-0.25, -0.2) is 4.39 Å². The Morgan fingerprint density at radius 2 is 1.91 bits per heavy atom. The van der Waals surface area contributed by atoms with Gasteiger partial charge in [-0.05, 0) is 39.7 Å². The minimum atomic E-state index is -0.916. The molecule has 2 rings (SSSR count). The van der Waals surface area contributed by atoms with E-state index in [2.05, 4.69) is 5.32 Å². The molecule has 1 aliphatic rings. The van der Waals surface area contributed by atoms with Crippen LogP contribution in [-0.2, 0) is 9.59 Å². The SMILES string of the molecule is CC(C)(C)NC(=O)C(c1ccccc1F)N1CCCCCC1=O. The molecule has 2 amide bonds. The maximum Gasteiger partial charge on any atom is 0.247 e. The fourth-order valence-electron chi connectivity index (χ4n) is 2.86. The third kappa shape index (κ3) is 4.53. The van der Waals surface area contributed by atoms with Crippen molar-refractivity contribution in [1.29, 1.82) is 0 Å². The lowest BCUT2D eigenvalue weighted by Gasteiger charge is -2.33. The molecule has 0 bridgehead atoms. The second-order valence-electron chi connectivity index (χ2n) is 7.06. The fourth-order valence-corrected chi connectivity index (χ4v) is 2.86. The van der Waals surface area contributed by atoms with Gasteiger partial charge in [-0.15, -0.1) is 0 Å². The molecule has 0 aromatic heterocycles. The van der Waals surface area contributed by atoms with E-state index in [0.717, 1.165) is 19.3 Å². The van der Waals surface area contributed by atoms with Crippen LogP contribution in [0.5, 0.6) is 0 Å². The van der Waals surface area contributed by atoms with Gasteiger partial charge in [0.25, 0.3) is 0 Å². The van der Waals surface area contributed by atoms with Gasteiger partial charge in [0, 0.05) is 24.1 Å². The summed E-state index contributed by atoms with van der Waals surface area (Å²) in [4.78, 5) is 26.8. The second kappa shape index (κ2) is 7.11. The topological polar surface area (TPSA) is 49.4 Å². The van der Waals surface area contributed by atoms with Crippen molar-refractivity contribution >= 4 is 11.8 Å². The van der Waals surface area contributed by atoms with E-state index in [4.69, 9.17) is 0 Å². The summed E-state index contributed by atoms with van der Waals surface area (Å²) in [6.07, 6.45) is 3.01. The summed E-state index contributed by atoms with van der Waals surface area (Å²) in [5, 5.41) is 2.88. The number of amides is 2. The third-order valence-corrected chi connectivity index (χ3v) is 3.87. The smallest absolute Gasteiger partial charge is 0.247 e. The number of halogens is 1. The molecule has 1 N–H and O–H groups in total. The Morgan fingerprint density at radius 1 is 1.22 bits per heavy atom. The Bertz CT molecular complexity index is 581. The molecule has 1 aromatic carbocycles. The molecule has 1 atom stereocenters.